The van der Waals surface area contributed by atoms with Gasteiger partial charge in [-0.1, -0.05) is 94.6 Å². The van der Waals surface area contributed by atoms with E-state index >= 15 is 0 Å². The Morgan fingerprint density at radius 1 is 0.906 bits per heavy atom. The van der Waals surface area contributed by atoms with Crippen LogP contribution in [0.1, 0.15) is 102 Å². The Hall–Kier alpha value is -1.30. The smallest absolute Gasteiger partial charge is 0.360 e. The molecule has 0 saturated carbocycles. The maximum absolute atomic E-state index is 12.7. The lowest BCUT2D eigenvalue weighted by Crippen LogP contribution is -2.41. The number of unbranched alkanes of at least 4 members (excludes halogenated alkanes) is 11. The fourth-order valence-corrected chi connectivity index (χ4v) is 5.10. The first-order valence-corrected chi connectivity index (χ1v) is 13.7. The Balaban J connectivity index is 2.13. The average molecular weight is 465 g/mol. The number of benzene rings is 1. The normalized spacial score (nSPS) is 14.5. The second kappa shape index (κ2) is 18.2. The van der Waals surface area contributed by atoms with Crippen LogP contribution >= 0.6 is 0 Å². The largest absolute Gasteiger partial charge is 0.611 e. The Kier molecular flexibility index (Phi) is 16.3. The van der Waals surface area contributed by atoms with Gasteiger partial charge in [0, 0.05) is 11.2 Å². The number of aliphatic hydroxyl groups is 1. The summed E-state index contributed by atoms with van der Waals surface area (Å²) >= 11 is -1.76. The van der Waals surface area contributed by atoms with Crippen molar-refractivity contribution in [3.8, 4) is 0 Å². The second-order valence-corrected chi connectivity index (χ2v) is 10.4. The SMILES string of the molecule is CCCCCCCCC=CCCCCCCCC(O)[C@H](C(=O)O)[S@@+]([O-])c1ccc(C)cc1. The first kappa shape index (κ1) is 28.7. The second-order valence-electron chi connectivity index (χ2n) is 8.81. The molecule has 1 rings (SSSR count). The summed E-state index contributed by atoms with van der Waals surface area (Å²) in [7, 11) is 0. The number of carboxylic acid groups (broad SMARTS) is 1. The number of aliphatic carboxylic acids is 1. The van der Waals surface area contributed by atoms with Crippen LogP contribution in [0.25, 0.3) is 0 Å². The zero-order chi connectivity index (χ0) is 23.6. The van der Waals surface area contributed by atoms with Gasteiger partial charge in [0.05, 0.1) is 0 Å². The van der Waals surface area contributed by atoms with Crippen LogP contribution in [-0.2, 0) is 16.0 Å². The summed E-state index contributed by atoms with van der Waals surface area (Å²) in [6.07, 6.45) is 19.4. The topological polar surface area (TPSA) is 80.6 Å². The van der Waals surface area contributed by atoms with Gasteiger partial charge in [-0.05, 0) is 51.2 Å². The molecule has 2 N–H and O–H groups in total. The van der Waals surface area contributed by atoms with E-state index in [2.05, 4.69) is 19.1 Å². The van der Waals surface area contributed by atoms with Gasteiger partial charge in [-0.25, -0.2) is 4.79 Å². The van der Waals surface area contributed by atoms with Crippen molar-refractivity contribution in [2.75, 3.05) is 0 Å². The highest BCUT2D eigenvalue weighted by Gasteiger charge is 2.38. The van der Waals surface area contributed by atoms with Gasteiger partial charge >= 0.3 is 5.97 Å². The minimum atomic E-state index is -1.76. The summed E-state index contributed by atoms with van der Waals surface area (Å²) in [4.78, 5) is 12.1. The summed E-state index contributed by atoms with van der Waals surface area (Å²) in [5.74, 6) is -1.20. The fourth-order valence-electron chi connectivity index (χ4n) is 3.79. The molecule has 0 saturated heterocycles. The molecule has 0 spiro atoms. The zero-order valence-electron chi connectivity index (χ0n) is 20.1. The van der Waals surface area contributed by atoms with Crippen LogP contribution in [0.2, 0.25) is 0 Å². The summed E-state index contributed by atoms with van der Waals surface area (Å²) in [6.45, 7) is 4.17. The highest BCUT2D eigenvalue weighted by Crippen LogP contribution is 2.22. The van der Waals surface area contributed by atoms with E-state index in [0.717, 1.165) is 37.7 Å². The van der Waals surface area contributed by atoms with Gasteiger partial charge in [-0.15, -0.1) is 0 Å². The third-order valence-electron chi connectivity index (χ3n) is 5.84. The van der Waals surface area contributed by atoms with Crippen LogP contribution < -0.4 is 0 Å². The van der Waals surface area contributed by atoms with Crippen molar-refractivity contribution in [1.29, 1.82) is 0 Å². The molecular weight excluding hydrogens is 420 g/mol. The number of carboxylic acids is 1. The molecule has 0 aromatic heterocycles. The quantitative estimate of drug-likeness (QED) is 0.132. The van der Waals surface area contributed by atoms with E-state index in [0.29, 0.717) is 11.3 Å². The molecule has 1 aromatic rings. The Morgan fingerprint density at radius 3 is 1.94 bits per heavy atom. The van der Waals surface area contributed by atoms with Crippen LogP contribution in [-0.4, -0.2) is 32.1 Å². The Bertz CT molecular complexity index is 629. The predicted octanol–water partition coefficient (Wildman–Crippen LogP) is 6.95. The number of aryl methyl sites for hydroxylation is 1. The van der Waals surface area contributed by atoms with Gasteiger partial charge < -0.3 is 14.8 Å². The van der Waals surface area contributed by atoms with Crippen LogP contribution in [0.4, 0.5) is 0 Å². The summed E-state index contributed by atoms with van der Waals surface area (Å²) in [5.41, 5.74) is 1.02. The lowest BCUT2D eigenvalue weighted by Gasteiger charge is -2.22. The van der Waals surface area contributed by atoms with Crippen molar-refractivity contribution in [2.24, 2.45) is 0 Å². The molecule has 4 nitrogen and oxygen atoms in total. The molecule has 0 bridgehead atoms. The van der Waals surface area contributed by atoms with Crippen molar-refractivity contribution in [3.63, 3.8) is 0 Å². The minimum absolute atomic E-state index is 0.368. The van der Waals surface area contributed by atoms with Crippen LogP contribution in [0.15, 0.2) is 41.3 Å². The van der Waals surface area contributed by atoms with Crippen molar-refractivity contribution in [2.45, 2.75) is 120 Å². The highest BCUT2D eigenvalue weighted by molar-refractivity contribution is 7.92. The molecule has 3 atom stereocenters. The van der Waals surface area contributed by atoms with Crippen molar-refractivity contribution in [3.05, 3.63) is 42.0 Å². The minimum Gasteiger partial charge on any atom is -0.611 e. The molecule has 1 unspecified atom stereocenters. The number of allylic oxidation sites excluding steroid dienone is 2. The van der Waals surface area contributed by atoms with Gasteiger partial charge in [0.1, 0.15) is 6.10 Å². The molecule has 0 amide bonds. The van der Waals surface area contributed by atoms with E-state index in [4.69, 9.17) is 0 Å². The van der Waals surface area contributed by atoms with Crippen molar-refractivity contribution < 1.29 is 19.6 Å². The molecule has 0 heterocycles. The number of carbonyl (C=O) groups is 1. The van der Waals surface area contributed by atoms with Gasteiger partial charge in [0.2, 0.25) is 5.25 Å². The summed E-state index contributed by atoms with van der Waals surface area (Å²) < 4.78 is 12.7. The molecule has 1 aromatic carbocycles. The highest BCUT2D eigenvalue weighted by atomic mass is 32.2. The fraction of sp³-hybridized carbons (Fsp3) is 0.667. The van der Waals surface area contributed by atoms with Gasteiger partial charge in [-0.3, -0.25) is 0 Å². The van der Waals surface area contributed by atoms with Gasteiger partial charge in [0.25, 0.3) is 0 Å². The number of hydrogen-bond acceptors (Lipinski definition) is 3. The zero-order valence-corrected chi connectivity index (χ0v) is 21.0. The van der Waals surface area contributed by atoms with E-state index in [-0.39, 0.29) is 0 Å². The Morgan fingerprint density at radius 2 is 1.41 bits per heavy atom. The molecule has 0 aliphatic heterocycles. The number of rotatable bonds is 19. The molecule has 0 fully saturated rings. The van der Waals surface area contributed by atoms with Crippen LogP contribution in [0, 0.1) is 6.92 Å². The molecule has 0 aliphatic rings. The molecule has 0 radical (unpaired) electrons. The third-order valence-corrected chi connectivity index (χ3v) is 7.55. The standard InChI is InChI=1S/C27H44O4S/c1-3-4-5-6-7-8-9-10-11-12-13-14-15-16-17-18-25(28)26(27(29)30)32(31)24-21-19-23(2)20-22-24/h10-11,19-22,25-26,28H,3-9,12-18H2,1-2H3,(H,29,30)/t25?,26-,32+/m1/s1. The maximum atomic E-state index is 12.7. The lowest BCUT2D eigenvalue weighted by molar-refractivity contribution is -0.138. The summed E-state index contributed by atoms with van der Waals surface area (Å²) in [5, 5.41) is 18.6. The van der Waals surface area contributed by atoms with E-state index in [1.54, 1.807) is 12.1 Å². The van der Waals surface area contributed by atoms with Crippen LogP contribution in [0.5, 0.6) is 0 Å². The average Bonchev–Trinajstić information content (AvgIpc) is 2.76. The van der Waals surface area contributed by atoms with Crippen molar-refractivity contribution in [1.82, 2.24) is 0 Å². The predicted molar refractivity (Wildman–Crippen MR) is 134 cm³/mol. The third kappa shape index (κ3) is 12.7. The monoisotopic (exact) mass is 464 g/mol. The lowest BCUT2D eigenvalue weighted by atomic mass is 10.0. The number of aliphatic hydroxyl groups excluding tert-OH is 1. The van der Waals surface area contributed by atoms with Gasteiger partial charge in [-0.2, -0.15) is 0 Å². The maximum Gasteiger partial charge on any atom is 0.360 e. The molecule has 5 heteroatoms. The van der Waals surface area contributed by atoms with E-state index in [9.17, 15) is 19.6 Å². The molecule has 182 valence electrons. The first-order chi connectivity index (χ1) is 15.5. The molecule has 0 aliphatic carbocycles. The summed E-state index contributed by atoms with van der Waals surface area (Å²) in [6, 6.07) is 6.97. The van der Waals surface area contributed by atoms with Gasteiger partial charge in [0.15, 0.2) is 4.90 Å². The first-order valence-electron chi connectivity index (χ1n) is 12.5. The van der Waals surface area contributed by atoms with Crippen molar-refractivity contribution >= 4 is 17.1 Å². The number of hydrogen-bond donors (Lipinski definition) is 2. The molecular formula is C27H44O4S. The van der Waals surface area contributed by atoms with E-state index < -0.39 is 28.5 Å². The van der Waals surface area contributed by atoms with E-state index in [1.807, 2.05) is 19.1 Å². The van der Waals surface area contributed by atoms with Crippen LogP contribution in [0.3, 0.4) is 0 Å². The molecule has 32 heavy (non-hydrogen) atoms. The Labute approximate surface area is 198 Å². The van der Waals surface area contributed by atoms with E-state index in [1.165, 1.54) is 51.4 Å².